The number of benzene rings is 2. The molecule has 1 aliphatic heterocycles. The molecule has 7 heteroatoms. The Morgan fingerprint density at radius 2 is 1.70 bits per heavy atom. The van der Waals surface area contributed by atoms with Crippen LogP contribution in [0.5, 0.6) is 11.5 Å². The Hall–Kier alpha value is -3.48. The van der Waals surface area contributed by atoms with Gasteiger partial charge in [0.1, 0.15) is 6.61 Å². The van der Waals surface area contributed by atoms with Gasteiger partial charge in [-0.2, -0.15) is 0 Å². The van der Waals surface area contributed by atoms with E-state index in [2.05, 4.69) is 26.1 Å². The number of carbonyl (C=O) groups excluding carboxylic acids is 2. The molecule has 0 saturated heterocycles. The molecule has 1 atom stereocenters. The quantitative estimate of drug-likeness (QED) is 0.622. The summed E-state index contributed by atoms with van der Waals surface area (Å²) >= 11 is 0. The molecule has 0 radical (unpaired) electrons. The second kappa shape index (κ2) is 9.98. The highest BCUT2D eigenvalue weighted by atomic mass is 16.5. The number of rotatable bonds is 7. The molecule has 0 unspecified atom stereocenters. The summed E-state index contributed by atoms with van der Waals surface area (Å²) in [5.74, 6) is 0.585. The van der Waals surface area contributed by atoms with Gasteiger partial charge < -0.3 is 19.5 Å². The molecule has 0 spiro atoms. The van der Waals surface area contributed by atoms with E-state index in [9.17, 15) is 9.59 Å². The molecule has 0 aromatic heterocycles. The van der Waals surface area contributed by atoms with Crippen molar-refractivity contribution in [3.8, 4) is 11.5 Å². The maximum Gasteiger partial charge on any atom is 0.338 e. The van der Waals surface area contributed by atoms with Gasteiger partial charge in [-0.3, -0.25) is 4.90 Å². The number of hydrogen-bond acceptors (Lipinski definition) is 5. The van der Waals surface area contributed by atoms with Crippen molar-refractivity contribution < 1.29 is 23.8 Å². The third-order valence-corrected chi connectivity index (χ3v) is 5.62. The molecule has 0 bridgehead atoms. The van der Waals surface area contributed by atoms with E-state index >= 15 is 0 Å². The highest BCUT2D eigenvalue weighted by molar-refractivity contribution is 5.95. The van der Waals surface area contributed by atoms with Gasteiger partial charge in [-0.1, -0.05) is 57.2 Å². The number of nitrogens with zero attached hydrogens (tertiary/aromatic N) is 1. The molecule has 2 aromatic carbocycles. The molecule has 7 nitrogen and oxygen atoms in total. The van der Waals surface area contributed by atoms with Crippen LogP contribution < -0.4 is 14.8 Å². The van der Waals surface area contributed by atoms with Crippen molar-refractivity contribution in [2.45, 2.75) is 39.2 Å². The van der Waals surface area contributed by atoms with E-state index < -0.39 is 12.0 Å². The Morgan fingerprint density at radius 3 is 2.27 bits per heavy atom. The lowest BCUT2D eigenvalue weighted by Gasteiger charge is -2.34. The molecule has 1 aliphatic rings. The van der Waals surface area contributed by atoms with E-state index in [0.29, 0.717) is 22.8 Å². The van der Waals surface area contributed by atoms with E-state index in [1.807, 2.05) is 36.4 Å². The Morgan fingerprint density at radius 1 is 1.06 bits per heavy atom. The summed E-state index contributed by atoms with van der Waals surface area (Å²) in [6.45, 7) is 8.37. The van der Waals surface area contributed by atoms with Crippen LogP contribution >= 0.6 is 0 Å². The molecule has 2 amide bonds. The van der Waals surface area contributed by atoms with Crippen LogP contribution in [0.25, 0.3) is 0 Å². The maximum absolute atomic E-state index is 13.1. The topological polar surface area (TPSA) is 77.1 Å². The lowest BCUT2D eigenvalue weighted by molar-refractivity contribution is -0.139. The number of amides is 2. The Bertz CT molecular complexity index is 1040. The number of ether oxygens (including phenoxy) is 3. The van der Waals surface area contributed by atoms with Crippen molar-refractivity contribution >= 4 is 12.0 Å². The van der Waals surface area contributed by atoms with Crippen LogP contribution in [0.2, 0.25) is 0 Å². The number of carbonyl (C=O) groups is 2. The predicted octanol–water partition coefficient (Wildman–Crippen LogP) is 4.59. The molecule has 1 heterocycles. The predicted molar refractivity (Wildman–Crippen MR) is 126 cm³/mol. The number of hydrogen-bond donors (Lipinski definition) is 1. The van der Waals surface area contributed by atoms with Crippen LogP contribution in [-0.4, -0.2) is 44.3 Å². The third kappa shape index (κ3) is 5.30. The summed E-state index contributed by atoms with van der Waals surface area (Å²) in [5.41, 5.74) is 2.72. The fourth-order valence-corrected chi connectivity index (χ4v) is 3.69. The van der Waals surface area contributed by atoms with Crippen molar-refractivity contribution in [2.24, 2.45) is 0 Å². The molecule has 0 saturated carbocycles. The van der Waals surface area contributed by atoms with Gasteiger partial charge in [0, 0.05) is 7.05 Å². The molecule has 33 heavy (non-hydrogen) atoms. The van der Waals surface area contributed by atoms with E-state index in [1.165, 1.54) is 4.90 Å². The molecule has 0 fully saturated rings. The summed E-state index contributed by atoms with van der Waals surface area (Å²) < 4.78 is 16.7. The zero-order chi connectivity index (χ0) is 24.2. The largest absolute Gasteiger partial charge is 0.493 e. The van der Waals surface area contributed by atoms with Crippen LogP contribution in [0.15, 0.2) is 59.8 Å². The molecular weight excluding hydrogens is 420 g/mol. The molecule has 1 N–H and O–H groups in total. The van der Waals surface area contributed by atoms with Gasteiger partial charge >= 0.3 is 12.0 Å². The number of esters is 1. The Labute approximate surface area is 195 Å². The van der Waals surface area contributed by atoms with Crippen molar-refractivity contribution in [1.29, 1.82) is 0 Å². The number of urea groups is 1. The van der Waals surface area contributed by atoms with Crippen molar-refractivity contribution in [3.05, 3.63) is 70.9 Å². The van der Waals surface area contributed by atoms with Gasteiger partial charge in [-0.15, -0.1) is 0 Å². The average molecular weight is 453 g/mol. The SMILES string of the molecule is CCOC(=O)C1=C(COc2ccccc2OC)N(C)C(=O)N[C@@H]1c1ccc(C(C)(C)C)cc1. The summed E-state index contributed by atoms with van der Waals surface area (Å²) in [4.78, 5) is 27.3. The van der Waals surface area contributed by atoms with Crippen LogP contribution in [0.4, 0.5) is 4.79 Å². The second-order valence-corrected chi connectivity index (χ2v) is 8.83. The van der Waals surface area contributed by atoms with Gasteiger partial charge in [0.15, 0.2) is 11.5 Å². The monoisotopic (exact) mass is 452 g/mol. The smallest absolute Gasteiger partial charge is 0.338 e. The summed E-state index contributed by atoms with van der Waals surface area (Å²) in [6, 6.07) is 14.2. The zero-order valence-corrected chi connectivity index (χ0v) is 20.1. The van der Waals surface area contributed by atoms with Crippen molar-refractivity contribution in [3.63, 3.8) is 0 Å². The van der Waals surface area contributed by atoms with E-state index in [1.54, 1.807) is 33.2 Å². The van der Waals surface area contributed by atoms with Crippen molar-refractivity contribution in [1.82, 2.24) is 10.2 Å². The fraction of sp³-hybridized carbons (Fsp3) is 0.385. The number of likely N-dealkylation sites (N-methyl/N-ethyl adjacent to an activating group) is 1. The average Bonchev–Trinajstić information content (AvgIpc) is 2.79. The first-order valence-electron chi connectivity index (χ1n) is 11.0. The zero-order valence-electron chi connectivity index (χ0n) is 20.1. The summed E-state index contributed by atoms with van der Waals surface area (Å²) in [6.07, 6.45) is 0. The first-order chi connectivity index (χ1) is 15.7. The summed E-state index contributed by atoms with van der Waals surface area (Å²) in [5, 5.41) is 2.93. The molecule has 0 aliphatic carbocycles. The van der Waals surface area contributed by atoms with Gasteiger partial charge in [0.2, 0.25) is 0 Å². The minimum atomic E-state index is -0.655. The lowest BCUT2D eigenvalue weighted by Crippen LogP contribution is -2.48. The minimum Gasteiger partial charge on any atom is -0.493 e. The van der Waals surface area contributed by atoms with Gasteiger partial charge in [-0.05, 0) is 35.6 Å². The lowest BCUT2D eigenvalue weighted by atomic mass is 9.85. The van der Waals surface area contributed by atoms with Gasteiger partial charge in [0.25, 0.3) is 0 Å². The normalized spacial score (nSPS) is 16.4. The van der Waals surface area contributed by atoms with E-state index in [4.69, 9.17) is 14.2 Å². The van der Waals surface area contributed by atoms with Crippen LogP contribution in [0.3, 0.4) is 0 Å². The molecule has 2 aromatic rings. The van der Waals surface area contributed by atoms with Crippen LogP contribution in [-0.2, 0) is 14.9 Å². The highest BCUT2D eigenvalue weighted by Crippen LogP contribution is 2.34. The first-order valence-corrected chi connectivity index (χ1v) is 11.0. The van der Waals surface area contributed by atoms with Gasteiger partial charge in [-0.25, -0.2) is 9.59 Å². The number of nitrogens with one attached hydrogen (secondary N) is 1. The Kier molecular flexibility index (Phi) is 7.31. The fourth-order valence-electron chi connectivity index (χ4n) is 3.69. The molecular formula is C26H32N2O5. The number of methoxy groups -OCH3 is 1. The van der Waals surface area contributed by atoms with Gasteiger partial charge in [0.05, 0.1) is 31.0 Å². The van der Waals surface area contributed by atoms with E-state index in [0.717, 1.165) is 11.1 Å². The minimum absolute atomic E-state index is 0.00494. The second-order valence-electron chi connectivity index (χ2n) is 8.83. The highest BCUT2D eigenvalue weighted by Gasteiger charge is 2.37. The first kappa shape index (κ1) is 24.2. The van der Waals surface area contributed by atoms with Crippen LogP contribution in [0, 0.1) is 0 Å². The third-order valence-electron chi connectivity index (χ3n) is 5.62. The molecule has 176 valence electrons. The maximum atomic E-state index is 13.1. The van der Waals surface area contributed by atoms with E-state index in [-0.39, 0.29) is 24.7 Å². The van der Waals surface area contributed by atoms with Crippen molar-refractivity contribution in [2.75, 3.05) is 27.4 Å². The molecule has 3 rings (SSSR count). The standard InChI is InChI=1S/C26H32N2O5/c1-7-32-24(29)22-19(16-33-21-11-9-8-10-20(21)31-6)28(5)25(30)27-23(22)17-12-14-18(15-13-17)26(2,3)4/h8-15,23H,7,16H2,1-6H3,(H,27,30)/t23-/m1/s1. The summed E-state index contributed by atoms with van der Waals surface area (Å²) in [7, 11) is 3.16. The number of para-hydroxylation sites is 2. The van der Waals surface area contributed by atoms with Crippen LogP contribution in [0.1, 0.15) is 44.9 Å². The Balaban J connectivity index is 2.04.